The van der Waals surface area contributed by atoms with Crippen LogP contribution in [0.1, 0.15) is 42.3 Å². The molecule has 0 spiro atoms. The van der Waals surface area contributed by atoms with Crippen molar-refractivity contribution < 1.29 is 9.53 Å². The fraction of sp³-hybridized carbons (Fsp3) is 0.750. The molecule has 3 fully saturated rings. The number of nitrogens with zero attached hydrogens (tertiary/aromatic N) is 3. The minimum Gasteiger partial charge on any atom is -0.366 e. The van der Waals surface area contributed by atoms with E-state index in [-0.39, 0.29) is 12.0 Å². The summed E-state index contributed by atoms with van der Waals surface area (Å²) in [6.45, 7) is 4.87. The van der Waals surface area contributed by atoms with Crippen LogP contribution < -0.4 is 0 Å². The molecule has 1 aromatic heterocycles. The summed E-state index contributed by atoms with van der Waals surface area (Å²) < 4.78 is 5.72. The van der Waals surface area contributed by atoms with E-state index in [2.05, 4.69) is 10.3 Å². The smallest absolute Gasteiger partial charge is 0.253 e. The molecule has 1 aliphatic carbocycles. The third-order valence-corrected chi connectivity index (χ3v) is 5.78. The van der Waals surface area contributed by atoms with Crippen molar-refractivity contribution >= 4 is 17.2 Å². The standard InChI is InChI=1S/C16H23N3O2S/c20-16(19-5-1-2-6-19)14-10-18(7-8-21-14)9-13-11-22-15(17-13)12-3-4-12/h11-12,14H,1-10H2. The molecule has 1 aromatic rings. The molecule has 3 heterocycles. The fourth-order valence-electron chi connectivity index (χ4n) is 3.28. The highest BCUT2D eigenvalue weighted by Gasteiger charge is 2.32. The van der Waals surface area contributed by atoms with Gasteiger partial charge in [0.05, 0.1) is 17.3 Å². The number of ether oxygens (including phenoxy) is 1. The Morgan fingerprint density at radius 3 is 2.91 bits per heavy atom. The van der Waals surface area contributed by atoms with Crippen molar-refractivity contribution in [1.82, 2.24) is 14.8 Å². The van der Waals surface area contributed by atoms with Gasteiger partial charge < -0.3 is 9.64 Å². The number of amides is 1. The van der Waals surface area contributed by atoms with Gasteiger partial charge in [0.1, 0.15) is 6.10 Å². The first-order valence-corrected chi connectivity index (χ1v) is 9.24. The van der Waals surface area contributed by atoms with Crippen LogP contribution >= 0.6 is 11.3 Å². The number of carbonyl (C=O) groups is 1. The largest absolute Gasteiger partial charge is 0.366 e. The van der Waals surface area contributed by atoms with Crippen LogP contribution in [0.3, 0.4) is 0 Å². The van der Waals surface area contributed by atoms with Gasteiger partial charge in [-0.1, -0.05) is 0 Å². The van der Waals surface area contributed by atoms with Crippen LogP contribution in [0.25, 0.3) is 0 Å². The molecule has 1 saturated carbocycles. The maximum atomic E-state index is 12.5. The van der Waals surface area contributed by atoms with Gasteiger partial charge in [0.2, 0.25) is 0 Å². The lowest BCUT2D eigenvalue weighted by atomic mass is 10.2. The van der Waals surface area contributed by atoms with Crippen molar-refractivity contribution in [2.24, 2.45) is 0 Å². The van der Waals surface area contributed by atoms with Crippen molar-refractivity contribution in [3.8, 4) is 0 Å². The van der Waals surface area contributed by atoms with Gasteiger partial charge in [-0.05, 0) is 25.7 Å². The summed E-state index contributed by atoms with van der Waals surface area (Å²) in [7, 11) is 0. The number of hydrogen-bond acceptors (Lipinski definition) is 5. The Bertz CT molecular complexity index is 537. The van der Waals surface area contributed by atoms with Gasteiger partial charge in [-0.2, -0.15) is 0 Å². The summed E-state index contributed by atoms with van der Waals surface area (Å²) in [6.07, 6.45) is 4.58. The quantitative estimate of drug-likeness (QED) is 0.849. The molecule has 22 heavy (non-hydrogen) atoms. The Kier molecular flexibility index (Phi) is 4.15. The number of likely N-dealkylation sites (tertiary alicyclic amines) is 1. The number of aromatic nitrogens is 1. The zero-order valence-corrected chi connectivity index (χ0v) is 13.7. The average molecular weight is 321 g/mol. The fourth-order valence-corrected chi connectivity index (χ4v) is 4.26. The lowest BCUT2D eigenvalue weighted by Gasteiger charge is -2.33. The molecular weight excluding hydrogens is 298 g/mol. The number of rotatable bonds is 4. The summed E-state index contributed by atoms with van der Waals surface area (Å²) in [5.41, 5.74) is 1.15. The van der Waals surface area contributed by atoms with Gasteiger partial charge in [0.15, 0.2) is 0 Å². The van der Waals surface area contributed by atoms with E-state index in [9.17, 15) is 4.79 Å². The highest BCUT2D eigenvalue weighted by molar-refractivity contribution is 7.09. The van der Waals surface area contributed by atoms with Crippen LogP contribution in [0.5, 0.6) is 0 Å². The third-order valence-electron chi connectivity index (χ3n) is 4.73. The van der Waals surface area contributed by atoms with Crippen LogP contribution in [-0.2, 0) is 16.1 Å². The number of morpholine rings is 1. The molecule has 0 radical (unpaired) electrons. The van der Waals surface area contributed by atoms with Gasteiger partial charge in [-0.3, -0.25) is 9.69 Å². The molecule has 6 heteroatoms. The molecule has 2 aliphatic heterocycles. The lowest BCUT2D eigenvalue weighted by Crippen LogP contribution is -2.50. The monoisotopic (exact) mass is 321 g/mol. The van der Waals surface area contributed by atoms with Crippen molar-refractivity contribution in [2.45, 2.75) is 44.2 Å². The summed E-state index contributed by atoms with van der Waals surface area (Å²) in [6, 6.07) is 0. The Labute approximate surface area is 135 Å². The molecule has 0 aromatic carbocycles. The molecular formula is C16H23N3O2S. The van der Waals surface area contributed by atoms with Gasteiger partial charge >= 0.3 is 0 Å². The van der Waals surface area contributed by atoms with Gasteiger partial charge in [0, 0.05) is 44.0 Å². The molecule has 5 nitrogen and oxygen atoms in total. The van der Waals surface area contributed by atoms with Crippen LogP contribution in [0.4, 0.5) is 0 Å². The van der Waals surface area contributed by atoms with Crippen molar-refractivity contribution in [3.63, 3.8) is 0 Å². The Morgan fingerprint density at radius 1 is 1.32 bits per heavy atom. The van der Waals surface area contributed by atoms with Crippen LogP contribution in [0, 0.1) is 0 Å². The highest BCUT2D eigenvalue weighted by atomic mass is 32.1. The maximum Gasteiger partial charge on any atom is 0.253 e. The molecule has 0 N–H and O–H groups in total. The molecule has 1 atom stereocenters. The summed E-state index contributed by atoms with van der Waals surface area (Å²) in [4.78, 5) is 21.5. The lowest BCUT2D eigenvalue weighted by molar-refractivity contribution is -0.148. The van der Waals surface area contributed by atoms with Crippen molar-refractivity contribution in [1.29, 1.82) is 0 Å². The molecule has 0 bridgehead atoms. The van der Waals surface area contributed by atoms with E-state index in [1.807, 2.05) is 4.90 Å². The SMILES string of the molecule is O=C(C1CN(Cc2csc(C3CC3)n2)CCO1)N1CCCC1. The summed E-state index contributed by atoms with van der Waals surface area (Å²) >= 11 is 1.79. The van der Waals surface area contributed by atoms with Crippen LogP contribution in [-0.4, -0.2) is 59.6 Å². The van der Waals surface area contributed by atoms with Crippen LogP contribution in [0.2, 0.25) is 0 Å². The number of thiazole rings is 1. The summed E-state index contributed by atoms with van der Waals surface area (Å²) in [5.74, 6) is 0.909. The van der Waals surface area contributed by atoms with Gasteiger partial charge in [-0.15, -0.1) is 11.3 Å². The molecule has 1 unspecified atom stereocenters. The zero-order chi connectivity index (χ0) is 14.9. The van der Waals surface area contributed by atoms with E-state index in [4.69, 9.17) is 9.72 Å². The van der Waals surface area contributed by atoms with E-state index in [0.29, 0.717) is 13.2 Å². The van der Waals surface area contributed by atoms with E-state index in [1.165, 1.54) is 17.8 Å². The maximum absolute atomic E-state index is 12.5. The molecule has 120 valence electrons. The second-order valence-corrected chi connectivity index (χ2v) is 7.47. The zero-order valence-electron chi connectivity index (χ0n) is 12.9. The predicted molar refractivity (Wildman–Crippen MR) is 84.9 cm³/mol. The first kappa shape index (κ1) is 14.6. The molecule has 4 rings (SSSR count). The van der Waals surface area contributed by atoms with Crippen molar-refractivity contribution in [2.75, 3.05) is 32.8 Å². The van der Waals surface area contributed by atoms with E-state index in [0.717, 1.165) is 50.6 Å². The second kappa shape index (κ2) is 6.26. The number of hydrogen-bond donors (Lipinski definition) is 0. The molecule has 1 amide bonds. The van der Waals surface area contributed by atoms with Crippen molar-refractivity contribution in [3.05, 3.63) is 16.1 Å². The first-order chi connectivity index (χ1) is 10.8. The average Bonchev–Trinajstić information content (AvgIpc) is 3.05. The van der Waals surface area contributed by atoms with Gasteiger partial charge in [-0.25, -0.2) is 4.98 Å². The molecule has 3 aliphatic rings. The van der Waals surface area contributed by atoms with E-state index < -0.39 is 0 Å². The predicted octanol–water partition coefficient (Wildman–Crippen LogP) is 1.84. The Balaban J connectivity index is 1.34. The second-order valence-electron chi connectivity index (χ2n) is 6.58. The molecule has 2 saturated heterocycles. The van der Waals surface area contributed by atoms with Gasteiger partial charge in [0.25, 0.3) is 5.91 Å². The van der Waals surface area contributed by atoms with E-state index in [1.54, 1.807) is 11.3 Å². The number of carbonyl (C=O) groups excluding carboxylic acids is 1. The topological polar surface area (TPSA) is 45.7 Å². The Hall–Kier alpha value is -0.980. The Morgan fingerprint density at radius 2 is 2.14 bits per heavy atom. The first-order valence-electron chi connectivity index (χ1n) is 8.36. The third kappa shape index (κ3) is 3.19. The van der Waals surface area contributed by atoms with E-state index >= 15 is 0 Å². The normalized spacial score (nSPS) is 26.5. The minimum absolute atomic E-state index is 0.180. The van der Waals surface area contributed by atoms with Crippen LogP contribution in [0.15, 0.2) is 5.38 Å². The highest BCUT2D eigenvalue weighted by Crippen LogP contribution is 2.41. The summed E-state index contributed by atoms with van der Waals surface area (Å²) in [5, 5.41) is 3.48. The minimum atomic E-state index is -0.284.